The van der Waals surface area contributed by atoms with Gasteiger partial charge in [-0.2, -0.15) is 0 Å². The van der Waals surface area contributed by atoms with Crippen molar-refractivity contribution in [3.8, 4) is 0 Å². The van der Waals surface area contributed by atoms with E-state index in [1.165, 1.54) is 12.1 Å². The van der Waals surface area contributed by atoms with Gasteiger partial charge < -0.3 is 0 Å². The van der Waals surface area contributed by atoms with Crippen molar-refractivity contribution in [1.82, 2.24) is 4.84 Å². The average molecular weight is 347 g/mol. The zero-order valence-electron chi connectivity index (χ0n) is 12.9. The second-order valence-electron chi connectivity index (χ2n) is 5.28. The maximum Gasteiger partial charge on any atom is 0.265 e. The molecule has 7 heteroatoms. The molecule has 6 nitrogen and oxygen atoms in total. The number of rotatable bonds is 6. The van der Waals surface area contributed by atoms with Crippen LogP contribution in [0.4, 0.5) is 0 Å². The second-order valence-corrected chi connectivity index (χ2v) is 5.47. The van der Waals surface area contributed by atoms with Crippen LogP contribution < -0.4 is 4.84 Å². The number of nitrogens with one attached hydrogen (secondary N) is 1. The number of nitro groups is 1. The van der Waals surface area contributed by atoms with Gasteiger partial charge >= 0.3 is 0 Å². The number of carbonyl (C=O) groups excluding carboxylic acids is 2. The topological polar surface area (TPSA) is 89.3 Å². The van der Waals surface area contributed by atoms with Gasteiger partial charge in [0, 0.05) is 22.3 Å². The maximum atomic E-state index is 12.2. The SMILES string of the molecule is Cc1ccccc1C(C(=O)NCl)c1ccc(C(=O)C[N+](=O)[O-])cc1. The minimum absolute atomic E-state index is 0.227. The highest BCUT2D eigenvalue weighted by Gasteiger charge is 2.24. The lowest BCUT2D eigenvalue weighted by molar-refractivity contribution is -0.465. The largest absolute Gasteiger partial charge is 0.287 e. The smallest absolute Gasteiger partial charge is 0.265 e. The fourth-order valence-electron chi connectivity index (χ4n) is 2.51. The summed E-state index contributed by atoms with van der Waals surface area (Å²) >= 11 is 5.51. The molecule has 1 atom stereocenters. The first-order valence-electron chi connectivity index (χ1n) is 7.15. The molecule has 1 amide bonds. The first-order chi connectivity index (χ1) is 11.4. The number of ketones is 1. The van der Waals surface area contributed by atoms with E-state index < -0.39 is 29.1 Å². The molecule has 0 aliphatic rings. The molecule has 1 N–H and O–H groups in total. The lowest BCUT2D eigenvalue weighted by Gasteiger charge is -2.18. The van der Waals surface area contributed by atoms with E-state index in [0.29, 0.717) is 5.56 Å². The Labute approximate surface area is 143 Å². The molecule has 2 aromatic rings. The van der Waals surface area contributed by atoms with E-state index in [4.69, 9.17) is 11.8 Å². The first-order valence-corrected chi connectivity index (χ1v) is 7.52. The predicted octanol–water partition coefficient (Wildman–Crippen LogP) is 2.86. The van der Waals surface area contributed by atoms with Crippen molar-refractivity contribution < 1.29 is 14.5 Å². The van der Waals surface area contributed by atoms with Gasteiger partial charge in [-0.1, -0.05) is 48.5 Å². The van der Waals surface area contributed by atoms with E-state index in [9.17, 15) is 19.7 Å². The summed E-state index contributed by atoms with van der Waals surface area (Å²) in [5, 5.41) is 10.4. The highest BCUT2D eigenvalue weighted by atomic mass is 35.5. The molecule has 0 radical (unpaired) electrons. The van der Waals surface area contributed by atoms with E-state index in [2.05, 4.69) is 4.84 Å². The Morgan fingerprint density at radius 2 is 1.79 bits per heavy atom. The molecule has 0 aromatic heterocycles. The van der Waals surface area contributed by atoms with Crippen LogP contribution in [0.25, 0.3) is 0 Å². The van der Waals surface area contributed by atoms with Gasteiger partial charge in [0.25, 0.3) is 6.54 Å². The van der Waals surface area contributed by atoms with E-state index in [1.54, 1.807) is 12.1 Å². The quantitative estimate of drug-likeness (QED) is 0.377. The Kier molecular flexibility index (Phi) is 5.65. The van der Waals surface area contributed by atoms with Crippen molar-refractivity contribution in [2.45, 2.75) is 12.8 Å². The molecule has 0 aliphatic carbocycles. The van der Waals surface area contributed by atoms with Crippen molar-refractivity contribution in [1.29, 1.82) is 0 Å². The molecule has 0 spiro atoms. The summed E-state index contributed by atoms with van der Waals surface area (Å²) in [5.41, 5.74) is 2.58. The minimum Gasteiger partial charge on any atom is -0.287 e. The number of Topliss-reactive ketones (excluding diaryl/α,β-unsaturated/α-hetero) is 1. The average Bonchev–Trinajstić information content (AvgIpc) is 2.56. The molecule has 24 heavy (non-hydrogen) atoms. The van der Waals surface area contributed by atoms with Crippen molar-refractivity contribution in [2.24, 2.45) is 0 Å². The molecule has 0 bridgehead atoms. The van der Waals surface area contributed by atoms with Crippen LogP contribution in [-0.2, 0) is 4.79 Å². The van der Waals surface area contributed by atoms with E-state index in [-0.39, 0.29) is 5.56 Å². The van der Waals surface area contributed by atoms with Gasteiger partial charge in [0.1, 0.15) is 0 Å². The summed E-state index contributed by atoms with van der Waals surface area (Å²) < 4.78 is 0. The van der Waals surface area contributed by atoms with Gasteiger partial charge in [0.2, 0.25) is 11.7 Å². The molecule has 2 rings (SSSR count). The Hall–Kier alpha value is -2.73. The molecule has 0 fully saturated rings. The molecule has 124 valence electrons. The summed E-state index contributed by atoms with van der Waals surface area (Å²) in [6, 6.07) is 13.6. The van der Waals surface area contributed by atoms with Crippen LogP contribution in [0.1, 0.15) is 33.0 Å². The number of hydrogen-bond acceptors (Lipinski definition) is 4. The molecular weight excluding hydrogens is 332 g/mol. The Morgan fingerprint density at radius 3 is 2.33 bits per heavy atom. The number of nitrogens with zero attached hydrogens (tertiary/aromatic N) is 1. The molecule has 0 saturated carbocycles. The Balaban J connectivity index is 2.38. The van der Waals surface area contributed by atoms with Gasteiger partial charge in [0.15, 0.2) is 0 Å². The highest BCUT2D eigenvalue weighted by Crippen LogP contribution is 2.28. The maximum absolute atomic E-state index is 12.2. The third kappa shape index (κ3) is 3.97. The monoisotopic (exact) mass is 346 g/mol. The molecule has 2 aromatic carbocycles. The van der Waals surface area contributed by atoms with Crippen molar-refractivity contribution in [3.05, 3.63) is 80.9 Å². The van der Waals surface area contributed by atoms with Crippen molar-refractivity contribution >= 4 is 23.5 Å². The second kappa shape index (κ2) is 7.70. The third-order valence-corrected chi connectivity index (χ3v) is 3.88. The standard InChI is InChI=1S/C17H15ClN2O4/c1-11-4-2-3-5-14(11)16(17(22)19-18)13-8-6-12(7-9-13)15(21)10-20(23)24/h2-9,16H,10H2,1H3,(H,19,22). The van der Waals surface area contributed by atoms with Crippen molar-refractivity contribution in [2.75, 3.05) is 6.54 Å². The summed E-state index contributed by atoms with van der Waals surface area (Å²) in [4.78, 5) is 35.8. The zero-order valence-corrected chi connectivity index (χ0v) is 13.6. The molecule has 0 aliphatic heterocycles. The Morgan fingerprint density at radius 1 is 1.17 bits per heavy atom. The van der Waals surface area contributed by atoms with Crippen LogP contribution in [0.15, 0.2) is 48.5 Å². The third-order valence-electron chi connectivity index (χ3n) is 3.69. The van der Waals surface area contributed by atoms with E-state index in [0.717, 1.165) is 11.1 Å². The molecular formula is C17H15ClN2O4. The summed E-state index contributed by atoms with van der Waals surface area (Å²) in [5.74, 6) is -1.61. The highest BCUT2D eigenvalue weighted by molar-refractivity contribution is 6.22. The lowest BCUT2D eigenvalue weighted by atomic mass is 9.87. The van der Waals surface area contributed by atoms with Gasteiger partial charge in [-0.25, -0.2) is 0 Å². The number of amides is 1. The number of carbonyl (C=O) groups is 2. The van der Waals surface area contributed by atoms with Gasteiger partial charge in [-0.05, 0) is 23.6 Å². The van der Waals surface area contributed by atoms with Crippen LogP contribution in [0, 0.1) is 17.0 Å². The van der Waals surface area contributed by atoms with Crippen LogP contribution >= 0.6 is 11.8 Å². The van der Waals surface area contributed by atoms with Gasteiger partial charge in [0.05, 0.1) is 5.92 Å². The molecule has 0 heterocycles. The normalized spacial score (nSPS) is 11.6. The first kappa shape index (κ1) is 17.6. The van der Waals surface area contributed by atoms with Gasteiger partial charge in [-0.15, -0.1) is 0 Å². The van der Waals surface area contributed by atoms with Crippen LogP contribution in [0.2, 0.25) is 0 Å². The van der Waals surface area contributed by atoms with Crippen LogP contribution in [0.3, 0.4) is 0 Å². The summed E-state index contributed by atoms with van der Waals surface area (Å²) in [6.45, 7) is 1.13. The summed E-state index contributed by atoms with van der Waals surface area (Å²) in [6.07, 6.45) is 0. The van der Waals surface area contributed by atoms with Gasteiger partial charge in [-0.3, -0.25) is 24.5 Å². The molecule has 1 unspecified atom stereocenters. The summed E-state index contributed by atoms with van der Waals surface area (Å²) in [7, 11) is 0. The van der Waals surface area contributed by atoms with Crippen LogP contribution in [0.5, 0.6) is 0 Å². The van der Waals surface area contributed by atoms with E-state index in [1.807, 2.05) is 31.2 Å². The number of halogens is 1. The molecule has 0 saturated heterocycles. The minimum atomic E-state index is -0.761. The van der Waals surface area contributed by atoms with E-state index >= 15 is 0 Å². The fraction of sp³-hybridized carbons (Fsp3) is 0.176. The lowest BCUT2D eigenvalue weighted by Crippen LogP contribution is -2.24. The van der Waals surface area contributed by atoms with Crippen molar-refractivity contribution in [3.63, 3.8) is 0 Å². The number of benzene rings is 2. The fourth-order valence-corrected chi connectivity index (χ4v) is 2.62. The Bertz CT molecular complexity index is 774. The zero-order chi connectivity index (χ0) is 17.7. The number of hydrogen-bond donors (Lipinski definition) is 1. The number of aryl methyl sites for hydroxylation is 1. The van der Waals surface area contributed by atoms with Crippen LogP contribution in [-0.4, -0.2) is 23.2 Å². The predicted molar refractivity (Wildman–Crippen MR) is 89.7 cm³/mol.